The number of likely N-dealkylation sites (tertiary alicyclic amines) is 2. The zero-order valence-corrected chi connectivity index (χ0v) is 31.8. The standard InChI is InChI=1S/C46H47N5O6/c52-43(41-18-10-28-50(41)45(54)56-32-36-12-4-1-5-13-36)47-38-24-20-34(21-25-38)30-49(40-16-8-3-9-17-40)31-35-22-26-39(27-23-35)48-44(53)42-19-11-29-51(42)46(55)57-33-37-14-6-2-7-15-37/h1-9,12-17,20-27,41-42H,10-11,18-19,28-33H2,(H,47,52)(H,48,53). The number of para-hydroxylation sites is 1. The first-order valence-corrected chi connectivity index (χ1v) is 19.4. The van der Waals surface area contributed by atoms with Crippen LogP contribution in [0.5, 0.6) is 0 Å². The number of amides is 4. The van der Waals surface area contributed by atoms with Gasteiger partial charge < -0.3 is 25.0 Å². The zero-order valence-electron chi connectivity index (χ0n) is 31.8. The van der Waals surface area contributed by atoms with Crippen LogP contribution < -0.4 is 15.5 Å². The number of nitrogens with one attached hydrogen (secondary N) is 2. The number of benzene rings is 5. The quantitative estimate of drug-likeness (QED) is 0.124. The molecule has 292 valence electrons. The van der Waals surface area contributed by atoms with E-state index in [4.69, 9.17) is 9.47 Å². The lowest BCUT2D eigenvalue weighted by molar-refractivity contribution is -0.120. The number of anilines is 3. The Morgan fingerprint density at radius 1 is 0.509 bits per heavy atom. The van der Waals surface area contributed by atoms with Gasteiger partial charge in [-0.1, -0.05) is 103 Å². The second-order valence-electron chi connectivity index (χ2n) is 14.3. The van der Waals surface area contributed by atoms with Gasteiger partial charge in [-0.25, -0.2) is 9.59 Å². The van der Waals surface area contributed by atoms with Crippen molar-refractivity contribution >= 4 is 41.1 Å². The highest BCUT2D eigenvalue weighted by molar-refractivity contribution is 5.97. The first kappa shape index (κ1) is 38.6. The number of nitrogens with zero attached hydrogens (tertiary/aromatic N) is 3. The molecular weight excluding hydrogens is 719 g/mol. The SMILES string of the molecule is O=C(Nc1ccc(CN(Cc2ccc(NC(=O)C3CCCN3C(=O)OCc3ccccc3)cc2)c2ccccc2)cc1)C1CCCN1C(=O)OCc1ccccc1. The summed E-state index contributed by atoms with van der Waals surface area (Å²) in [6.45, 7) is 2.49. The van der Waals surface area contributed by atoms with Crippen molar-refractivity contribution in [2.24, 2.45) is 0 Å². The van der Waals surface area contributed by atoms with Gasteiger partial charge in [0.05, 0.1) is 0 Å². The molecular formula is C46H47N5O6. The Labute approximate surface area is 333 Å². The average Bonchev–Trinajstić information content (AvgIpc) is 3.96. The molecule has 0 radical (unpaired) electrons. The van der Waals surface area contributed by atoms with Crippen LogP contribution in [0.25, 0.3) is 0 Å². The molecule has 11 nitrogen and oxygen atoms in total. The zero-order chi connectivity index (χ0) is 39.4. The van der Waals surface area contributed by atoms with Gasteiger partial charge in [-0.15, -0.1) is 0 Å². The van der Waals surface area contributed by atoms with Crippen molar-refractivity contribution in [1.82, 2.24) is 9.80 Å². The monoisotopic (exact) mass is 765 g/mol. The maximum atomic E-state index is 13.3. The molecule has 0 bridgehead atoms. The summed E-state index contributed by atoms with van der Waals surface area (Å²) in [6.07, 6.45) is 1.65. The Balaban J connectivity index is 0.927. The summed E-state index contributed by atoms with van der Waals surface area (Å²) in [5, 5.41) is 5.99. The minimum atomic E-state index is -0.590. The van der Waals surface area contributed by atoms with Gasteiger partial charge in [0.1, 0.15) is 25.3 Å². The minimum Gasteiger partial charge on any atom is -0.445 e. The minimum absolute atomic E-state index is 0.159. The lowest BCUT2D eigenvalue weighted by Crippen LogP contribution is -2.43. The molecule has 0 aliphatic carbocycles. The first-order chi connectivity index (χ1) is 27.9. The van der Waals surface area contributed by atoms with E-state index >= 15 is 0 Å². The molecule has 2 heterocycles. The van der Waals surface area contributed by atoms with E-state index in [0.717, 1.165) is 40.8 Å². The van der Waals surface area contributed by atoms with E-state index in [2.05, 4.69) is 27.7 Å². The van der Waals surface area contributed by atoms with E-state index in [1.165, 1.54) is 9.80 Å². The predicted molar refractivity (Wildman–Crippen MR) is 219 cm³/mol. The predicted octanol–water partition coefficient (Wildman–Crippen LogP) is 8.37. The fraction of sp³-hybridized carbons (Fsp3) is 0.261. The third-order valence-corrected chi connectivity index (χ3v) is 10.3. The average molecular weight is 766 g/mol. The van der Waals surface area contributed by atoms with Crippen LogP contribution in [0.3, 0.4) is 0 Å². The number of hydrogen-bond donors (Lipinski definition) is 2. The van der Waals surface area contributed by atoms with Crippen molar-refractivity contribution in [2.45, 2.75) is 64.1 Å². The van der Waals surface area contributed by atoms with E-state index in [-0.39, 0.29) is 25.0 Å². The maximum absolute atomic E-state index is 13.3. The van der Waals surface area contributed by atoms with Crippen LogP contribution >= 0.6 is 0 Å². The first-order valence-electron chi connectivity index (χ1n) is 19.4. The molecule has 2 saturated heterocycles. The van der Waals surface area contributed by atoms with Gasteiger partial charge in [0, 0.05) is 43.2 Å². The smallest absolute Gasteiger partial charge is 0.410 e. The molecule has 2 N–H and O–H groups in total. The number of ether oxygens (including phenoxy) is 2. The van der Waals surface area contributed by atoms with E-state index in [0.29, 0.717) is 50.4 Å². The molecule has 2 unspecified atom stereocenters. The van der Waals surface area contributed by atoms with Gasteiger partial charge in [-0.3, -0.25) is 19.4 Å². The molecule has 0 spiro atoms. The third kappa shape index (κ3) is 10.4. The number of rotatable bonds is 13. The Hall–Kier alpha value is -6.62. The second-order valence-corrected chi connectivity index (χ2v) is 14.3. The molecule has 4 amide bonds. The van der Waals surface area contributed by atoms with Crippen LogP contribution in [0, 0.1) is 0 Å². The second kappa shape index (κ2) is 18.8. The van der Waals surface area contributed by atoms with Gasteiger partial charge in [0.15, 0.2) is 0 Å². The van der Waals surface area contributed by atoms with Gasteiger partial charge in [0.2, 0.25) is 11.8 Å². The molecule has 5 aromatic rings. The molecule has 7 rings (SSSR count). The van der Waals surface area contributed by atoms with Gasteiger partial charge in [-0.05, 0) is 84.3 Å². The summed E-state index contributed by atoms with van der Waals surface area (Å²) >= 11 is 0. The van der Waals surface area contributed by atoms with Gasteiger partial charge >= 0.3 is 12.2 Å². The fourth-order valence-corrected chi connectivity index (χ4v) is 7.28. The van der Waals surface area contributed by atoms with Crippen LogP contribution in [-0.4, -0.2) is 59.0 Å². The van der Waals surface area contributed by atoms with Crippen molar-refractivity contribution in [3.05, 3.63) is 162 Å². The summed E-state index contributed by atoms with van der Waals surface area (Å²) in [6, 6.07) is 43.4. The van der Waals surface area contributed by atoms with Gasteiger partial charge in [-0.2, -0.15) is 0 Å². The van der Waals surface area contributed by atoms with E-state index in [9.17, 15) is 19.2 Å². The maximum Gasteiger partial charge on any atom is 0.410 e. The summed E-state index contributed by atoms with van der Waals surface area (Å²) in [7, 11) is 0. The van der Waals surface area contributed by atoms with E-state index in [1.54, 1.807) is 0 Å². The van der Waals surface area contributed by atoms with Crippen molar-refractivity contribution < 1.29 is 28.7 Å². The molecule has 11 heteroatoms. The molecule has 2 aliphatic heterocycles. The fourth-order valence-electron chi connectivity index (χ4n) is 7.28. The molecule has 2 atom stereocenters. The normalized spacial score (nSPS) is 16.1. The summed E-state index contributed by atoms with van der Waals surface area (Å²) in [5.41, 5.74) is 6.25. The summed E-state index contributed by atoms with van der Waals surface area (Å²) in [5.74, 6) is -0.464. The Bertz CT molecular complexity index is 1970. The Kier molecular flexibility index (Phi) is 12.8. The third-order valence-electron chi connectivity index (χ3n) is 10.3. The van der Waals surface area contributed by atoms with Crippen molar-refractivity contribution in [3.8, 4) is 0 Å². The van der Waals surface area contributed by atoms with Crippen LogP contribution in [0.2, 0.25) is 0 Å². The lowest BCUT2D eigenvalue weighted by atomic mass is 10.1. The summed E-state index contributed by atoms with van der Waals surface area (Å²) in [4.78, 5) is 57.6. The molecule has 2 fully saturated rings. The lowest BCUT2D eigenvalue weighted by Gasteiger charge is -2.26. The Morgan fingerprint density at radius 3 is 1.30 bits per heavy atom. The van der Waals surface area contributed by atoms with Crippen LogP contribution in [0.15, 0.2) is 140 Å². The highest BCUT2D eigenvalue weighted by Gasteiger charge is 2.36. The van der Waals surface area contributed by atoms with Gasteiger partial charge in [0.25, 0.3) is 0 Å². The van der Waals surface area contributed by atoms with Crippen LogP contribution in [0.4, 0.5) is 26.7 Å². The molecule has 5 aromatic carbocycles. The molecule has 2 aliphatic rings. The number of carbonyl (C=O) groups is 4. The van der Waals surface area contributed by atoms with E-state index in [1.807, 2.05) is 127 Å². The molecule has 0 aromatic heterocycles. The van der Waals surface area contributed by atoms with Crippen molar-refractivity contribution in [2.75, 3.05) is 28.6 Å². The Morgan fingerprint density at radius 2 is 0.895 bits per heavy atom. The summed E-state index contributed by atoms with van der Waals surface area (Å²) < 4.78 is 11.0. The highest BCUT2D eigenvalue weighted by atomic mass is 16.6. The highest BCUT2D eigenvalue weighted by Crippen LogP contribution is 2.25. The molecule has 0 saturated carbocycles. The van der Waals surface area contributed by atoms with Crippen molar-refractivity contribution in [1.29, 1.82) is 0 Å². The van der Waals surface area contributed by atoms with Crippen LogP contribution in [0.1, 0.15) is 47.9 Å². The number of carbonyl (C=O) groups excluding carboxylic acids is 4. The largest absolute Gasteiger partial charge is 0.445 e. The number of hydrogen-bond acceptors (Lipinski definition) is 7. The van der Waals surface area contributed by atoms with Crippen molar-refractivity contribution in [3.63, 3.8) is 0 Å². The van der Waals surface area contributed by atoms with Crippen LogP contribution in [-0.2, 0) is 45.4 Å². The topological polar surface area (TPSA) is 121 Å². The van der Waals surface area contributed by atoms with E-state index < -0.39 is 24.3 Å². The molecule has 57 heavy (non-hydrogen) atoms.